The lowest BCUT2D eigenvalue weighted by Gasteiger charge is -2.31. The third-order valence-corrected chi connectivity index (χ3v) is 12.3. The van der Waals surface area contributed by atoms with Crippen molar-refractivity contribution in [2.24, 2.45) is 0 Å². The minimum absolute atomic E-state index is 0.123. The molecule has 0 fully saturated rings. The lowest BCUT2D eigenvalue weighted by atomic mass is 9.81. The van der Waals surface area contributed by atoms with Gasteiger partial charge in [0.1, 0.15) is 11.2 Å². The van der Waals surface area contributed by atoms with Crippen molar-refractivity contribution in [3.63, 3.8) is 0 Å². The largest absolute Gasteiger partial charge is 0.456 e. The Kier molecular flexibility index (Phi) is 8.20. The van der Waals surface area contributed by atoms with Crippen molar-refractivity contribution >= 4 is 39.0 Å². The van der Waals surface area contributed by atoms with E-state index >= 15 is 0 Å². The molecule has 1 heterocycles. The van der Waals surface area contributed by atoms with Crippen LogP contribution in [0.15, 0.2) is 217 Å². The molecule has 1 aliphatic carbocycles. The van der Waals surface area contributed by atoms with E-state index in [0.717, 1.165) is 55.7 Å². The summed E-state index contributed by atoms with van der Waals surface area (Å²) in [5.74, 6) is 0. The van der Waals surface area contributed by atoms with Crippen LogP contribution < -0.4 is 4.90 Å². The van der Waals surface area contributed by atoms with Gasteiger partial charge in [-0.15, -0.1) is 0 Å². The number of benzene rings is 9. The molecule has 9 aromatic carbocycles. The Labute approximate surface area is 345 Å². The molecule has 11 rings (SSSR count). The van der Waals surface area contributed by atoms with Gasteiger partial charge < -0.3 is 9.32 Å². The summed E-state index contributed by atoms with van der Waals surface area (Å²) >= 11 is 0. The van der Waals surface area contributed by atoms with Gasteiger partial charge in [-0.05, 0) is 98.1 Å². The predicted octanol–water partition coefficient (Wildman–Crippen LogP) is 16.0. The van der Waals surface area contributed by atoms with Crippen molar-refractivity contribution in [2.75, 3.05) is 4.90 Å². The Morgan fingerprint density at radius 2 is 0.932 bits per heavy atom. The monoisotopic (exact) mass is 755 g/mol. The van der Waals surface area contributed by atoms with E-state index in [2.05, 4.69) is 225 Å². The first kappa shape index (κ1) is 34.8. The van der Waals surface area contributed by atoms with Gasteiger partial charge in [0.2, 0.25) is 0 Å². The lowest BCUT2D eigenvalue weighted by Crippen LogP contribution is -2.15. The molecule has 0 saturated carbocycles. The predicted molar refractivity (Wildman–Crippen MR) is 248 cm³/mol. The number of rotatable bonds is 7. The van der Waals surface area contributed by atoms with Crippen LogP contribution >= 0.6 is 0 Å². The highest BCUT2D eigenvalue weighted by molar-refractivity contribution is 6.08. The van der Waals surface area contributed by atoms with Gasteiger partial charge in [-0.2, -0.15) is 0 Å². The summed E-state index contributed by atoms with van der Waals surface area (Å²) in [5, 5.41) is 2.19. The fourth-order valence-corrected chi connectivity index (χ4v) is 9.48. The molecule has 280 valence electrons. The molecule has 0 aliphatic heterocycles. The Morgan fingerprint density at radius 3 is 1.73 bits per heavy atom. The molecule has 2 heteroatoms. The van der Waals surface area contributed by atoms with Gasteiger partial charge in [-0.25, -0.2) is 0 Å². The average Bonchev–Trinajstić information content (AvgIpc) is 3.78. The van der Waals surface area contributed by atoms with Crippen LogP contribution in [0.4, 0.5) is 17.1 Å². The SMILES string of the molecule is CC1(C)c2ccccc2-c2ccc(-c3ccccc3N(c3ccc4oc5ccccc5c4c3)c3cccc(-c4ccccc4)c3-c3ccccc3-c3ccccc3)cc21. The Morgan fingerprint density at radius 1 is 0.356 bits per heavy atom. The van der Waals surface area contributed by atoms with E-state index < -0.39 is 0 Å². The molecule has 0 bridgehead atoms. The van der Waals surface area contributed by atoms with E-state index in [-0.39, 0.29) is 5.41 Å². The van der Waals surface area contributed by atoms with E-state index in [1.165, 1.54) is 50.1 Å². The quantitative estimate of drug-likeness (QED) is 0.161. The van der Waals surface area contributed by atoms with E-state index in [1.54, 1.807) is 0 Å². The summed E-state index contributed by atoms with van der Waals surface area (Å²) in [7, 11) is 0. The van der Waals surface area contributed by atoms with Gasteiger partial charge in [-0.1, -0.05) is 184 Å². The molecule has 0 saturated heterocycles. The summed E-state index contributed by atoms with van der Waals surface area (Å²) in [6, 6.07) is 77.0. The first-order chi connectivity index (χ1) is 29.0. The van der Waals surface area contributed by atoms with Gasteiger partial charge in [0.25, 0.3) is 0 Å². The first-order valence-electron chi connectivity index (χ1n) is 20.4. The molecule has 0 atom stereocenters. The molecule has 2 nitrogen and oxygen atoms in total. The van der Waals surface area contributed by atoms with Crippen LogP contribution in [0.2, 0.25) is 0 Å². The van der Waals surface area contributed by atoms with Gasteiger partial charge in [0.15, 0.2) is 0 Å². The van der Waals surface area contributed by atoms with Crippen LogP contribution in [-0.2, 0) is 5.41 Å². The van der Waals surface area contributed by atoms with Crippen molar-refractivity contribution in [3.05, 3.63) is 223 Å². The molecule has 0 amide bonds. The Hall–Kier alpha value is -7.42. The van der Waals surface area contributed by atoms with E-state index in [9.17, 15) is 0 Å². The number of anilines is 3. The minimum atomic E-state index is -0.123. The second kappa shape index (κ2) is 13.9. The second-order valence-corrected chi connectivity index (χ2v) is 16.0. The summed E-state index contributed by atoms with van der Waals surface area (Å²) in [6.07, 6.45) is 0. The summed E-state index contributed by atoms with van der Waals surface area (Å²) in [4.78, 5) is 2.48. The normalized spacial score (nSPS) is 12.7. The molecule has 0 N–H and O–H groups in total. The van der Waals surface area contributed by atoms with Crippen LogP contribution in [-0.4, -0.2) is 0 Å². The zero-order chi connectivity index (χ0) is 39.5. The van der Waals surface area contributed by atoms with Crippen molar-refractivity contribution in [1.82, 2.24) is 0 Å². The molecule has 0 unspecified atom stereocenters. The minimum Gasteiger partial charge on any atom is -0.456 e. The Balaban J connectivity index is 1.21. The third kappa shape index (κ3) is 5.71. The van der Waals surface area contributed by atoms with E-state index in [1.807, 2.05) is 6.07 Å². The highest BCUT2D eigenvalue weighted by atomic mass is 16.3. The first-order valence-corrected chi connectivity index (χ1v) is 20.4. The maximum atomic E-state index is 6.40. The summed E-state index contributed by atoms with van der Waals surface area (Å²) < 4.78 is 6.40. The van der Waals surface area contributed by atoms with Crippen LogP contribution in [0.5, 0.6) is 0 Å². The molecule has 0 radical (unpaired) electrons. The van der Waals surface area contributed by atoms with Crippen molar-refractivity contribution < 1.29 is 4.42 Å². The number of hydrogen-bond acceptors (Lipinski definition) is 2. The van der Waals surface area contributed by atoms with Crippen LogP contribution in [0.3, 0.4) is 0 Å². The standard InChI is InChI=1S/C57H41NO/c1-57(2)50-28-14-11-24-45(50)46-34-32-40(36-51(46)57)43-23-12-15-29-52(43)58(41-33-35-55-49(37-41)47-25-13-16-31-54(47)59-55)53-30-17-27-44(39-20-7-4-8-21-39)56(53)48-26-10-9-22-42(48)38-18-5-3-6-19-38/h3-37H,1-2H3. The van der Waals surface area contributed by atoms with Gasteiger partial charge in [0, 0.05) is 33.0 Å². The van der Waals surface area contributed by atoms with E-state index in [0.29, 0.717) is 0 Å². The zero-order valence-corrected chi connectivity index (χ0v) is 33.1. The average molecular weight is 756 g/mol. The molecule has 1 aliphatic rings. The third-order valence-electron chi connectivity index (χ3n) is 12.3. The maximum Gasteiger partial charge on any atom is 0.135 e. The van der Waals surface area contributed by atoms with Crippen molar-refractivity contribution in [1.29, 1.82) is 0 Å². The van der Waals surface area contributed by atoms with Crippen molar-refractivity contribution in [2.45, 2.75) is 19.3 Å². The van der Waals surface area contributed by atoms with Crippen LogP contribution in [0.1, 0.15) is 25.0 Å². The molecular formula is C57H41NO. The zero-order valence-electron chi connectivity index (χ0n) is 33.1. The molecule has 1 aromatic heterocycles. The summed E-state index contributed by atoms with van der Waals surface area (Å²) in [5.41, 5.74) is 19.6. The van der Waals surface area contributed by atoms with E-state index in [4.69, 9.17) is 4.42 Å². The van der Waals surface area contributed by atoms with Gasteiger partial charge >= 0.3 is 0 Å². The van der Waals surface area contributed by atoms with Crippen LogP contribution in [0, 0.1) is 0 Å². The maximum absolute atomic E-state index is 6.40. The number of fused-ring (bicyclic) bond motifs is 6. The molecule has 0 spiro atoms. The Bertz CT molecular complexity index is 3190. The topological polar surface area (TPSA) is 16.4 Å². The summed E-state index contributed by atoms with van der Waals surface area (Å²) in [6.45, 7) is 4.71. The number of hydrogen-bond donors (Lipinski definition) is 0. The second-order valence-electron chi connectivity index (χ2n) is 16.0. The number of furan rings is 1. The van der Waals surface area contributed by atoms with Crippen LogP contribution in [0.25, 0.3) is 77.6 Å². The fourth-order valence-electron chi connectivity index (χ4n) is 9.48. The molecular weight excluding hydrogens is 715 g/mol. The fraction of sp³-hybridized carbons (Fsp3) is 0.0526. The van der Waals surface area contributed by atoms with Crippen molar-refractivity contribution in [3.8, 4) is 55.6 Å². The lowest BCUT2D eigenvalue weighted by molar-refractivity contribution is 0.660. The molecule has 59 heavy (non-hydrogen) atoms. The smallest absolute Gasteiger partial charge is 0.135 e. The highest BCUT2D eigenvalue weighted by Crippen LogP contribution is 2.53. The number of nitrogens with zero attached hydrogens (tertiary/aromatic N) is 1. The number of para-hydroxylation sites is 2. The van der Waals surface area contributed by atoms with Gasteiger partial charge in [0.05, 0.1) is 11.4 Å². The van der Waals surface area contributed by atoms with Gasteiger partial charge in [-0.3, -0.25) is 0 Å². The molecule has 10 aromatic rings. The highest BCUT2D eigenvalue weighted by Gasteiger charge is 2.35.